The van der Waals surface area contributed by atoms with Crippen LogP contribution in [-0.2, 0) is 12.1 Å². The van der Waals surface area contributed by atoms with Crippen molar-refractivity contribution in [2.75, 3.05) is 0 Å². The Balaban J connectivity index is 2.05. The highest BCUT2D eigenvalue weighted by Gasteiger charge is 2.71. The van der Waals surface area contributed by atoms with E-state index in [0.717, 1.165) is 24.1 Å². The van der Waals surface area contributed by atoms with Gasteiger partial charge in [0.25, 0.3) is 5.60 Å². The molecule has 3 aromatic rings. The van der Waals surface area contributed by atoms with E-state index in [2.05, 4.69) is 4.98 Å². The third-order valence-corrected chi connectivity index (χ3v) is 4.69. The van der Waals surface area contributed by atoms with E-state index in [4.69, 9.17) is 0 Å². The molecule has 9 heteroatoms. The highest BCUT2D eigenvalue weighted by atomic mass is 19.4. The molecule has 0 aliphatic heterocycles. The SMILES string of the molecule is CCCn1cc(-c2ccccc2)nc1-c1ccc(C(O)(C(F)(F)F)C(F)(F)F)cc1. The van der Waals surface area contributed by atoms with Crippen LogP contribution in [0.5, 0.6) is 0 Å². The Hall–Kier alpha value is -2.81. The lowest BCUT2D eigenvalue weighted by Crippen LogP contribution is -2.53. The van der Waals surface area contributed by atoms with Crippen LogP contribution in [0, 0.1) is 0 Å². The lowest BCUT2D eigenvalue weighted by atomic mass is 9.91. The van der Waals surface area contributed by atoms with Crippen molar-refractivity contribution in [2.45, 2.75) is 37.8 Å². The molecule has 0 saturated heterocycles. The number of halogens is 6. The Morgan fingerprint density at radius 1 is 0.833 bits per heavy atom. The van der Waals surface area contributed by atoms with Crippen molar-refractivity contribution in [1.29, 1.82) is 0 Å². The first kappa shape index (κ1) is 21.9. The molecule has 0 atom stereocenters. The van der Waals surface area contributed by atoms with E-state index in [0.29, 0.717) is 35.8 Å². The number of aromatic nitrogens is 2. The van der Waals surface area contributed by atoms with Gasteiger partial charge in [-0.1, -0.05) is 61.5 Å². The number of imidazole rings is 1. The van der Waals surface area contributed by atoms with Gasteiger partial charge in [-0.2, -0.15) is 26.3 Å². The van der Waals surface area contributed by atoms with E-state index in [9.17, 15) is 31.4 Å². The summed E-state index contributed by atoms with van der Waals surface area (Å²) in [5, 5.41) is 9.54. The fourth-order valence-corrected chi connectivity index (χ4v) is 3.15. The highest BCUT2D eigenvalue weighted by molar-refractivity contribution is 5.65. The molecule has 1 heterocycles. The molecule has 3 rings (SSSR count). The predicted molar refractivity (Wildman–Crippen MR) is 99.4 cm³/mol. The minimum absolute atomic E-state index is 0.334. The number of aryl methyl sites for hydroxylation is 1. The van der Waals surface area contributed by atoms with Crippen molar-refractivity contribution in [3.8, 4) is 22.6 Å². The van der Waals surface area contributed by atoms with Crippen molar-refractivity contribution >= 4 is 0 Å². The number of benzene rings is 2. The number of hydrogen-bond donors (Lipinski definition) is 1. The van der Waals surface area contributed by atoms with Gasteiger partial charge in [0, 0.05) is 29.4 Å². The Morgan fingerprint density at radius 2 is 1.40 bits per heavy atom. The van der Waals surface area contributed by atoms with Crippen LogP contribution in [0.4, 0.5) is 26.3 Å². The predicted octanol–water partition coefficient (Wildman–Crippen LogP) is 5.94. The molecule has 1 aromatic heterocycles. The minimum Gasteiger partial charge on any atom is -0.369 e. The molecule has 30 heavy (non-hydrogen) atoms. The summed E-state index contributed by atoms with van der Waals surface area (Å²) < 4.78 is 80.3. The number of hydrogen-bond acceptors (Lipinski definition) is 2. The molecule has 160 valence electrons. The van der Waals surface area contributed by atoms with Gasteiger partial charge in [-0.25, -0.2) is 4.98 Å². The third-order valence-electron chi connectivity index (χ3n) is 4.69. The number of alkyl halides is 6. The average molecular weight is 428 g/mol. The summed E-state index contributed by atoms with van der Waals surface area (Å²) in [5.41, 5.74) is -4.46. The smallest absolute Gasteiger partial charge is 0.369 e. The topological polar surface area (TPSA) is 38.0 Å². The quantitative estimate of drug-likeness (QED) is 0.511. The van der Waals surface area contributed by atoms with Crippen molar-refractivity contribution in [3.63, 3.8) is 0 Å². The first-order valence-corrected chi connectivity index (χ1v) is 9.08. The monoisotopic (exact) mass is 428 g/mol. The normalized spacial score (nSPS) is 12.9. The lowest BCUT2D eigenvalue weighted by molar-refractivity contribution is -0.376. The molecule has 2 aromatic carbocycles. The van der Waals surface area contributed by atoms with Gasteiger partial charge < -0.3 is 9.67 Å². The van der Waals surface area contributed by atoms with Gasteiger partial charge in [0.2, 0.25) is 0 Å². The van der Waals surface area contributed by atoms with Crippen LogP contribution >= 0.6 is 0 Å². The second-order valence-corrected chi connectivity index (χ2v) is 6.79. The van der Waals surface area contributed by atoms with Crippen molar-refractivity contribution in [3.05, 3.63) is 66.4 Å². The largest absolute Gasteiger partial charge is 0.430 e. The van der Waals surface area contributed by atoms with Crippen LogP contribution in [0.25, 0.3) is 22.6 Å². The molecule has 3 nitrogen and oxygen atoms in total. The maximum absolute atomic E-state index is 13.1. The number of rotatable bonds is 5. The molecular weight excluding hydrogens is 410 g/mol. The number of nitrogens with zero attached hydrogens (tertiary/aromatic N) is 2. The van der Waals surface area contributed by atoms with Gasteiger partial charge in [-0.3, -0.25) is 0 Å². The fourth-order valence-electron chi connectivity index (χ4n) is 3.15. The van der Waals surface area contributed by atoms with E-state index in [1.807, 2.05) is 37.3 Å². The Morgan fingerprint density at radius 3 is 1.90 bits per heavy atom. The molecule has 0 aliphatic carbocycles. The highest BCUT2D eigenvalue weighted by Crippen LogP contribution is 2.50. The van der Waals surface area contributed by atoms with Gasteiger partial charge >= 0.3 is 12.4 Å². The Kier molecular flexibility index (Phi) is 5.68. The Labute approximate surface area is 168 Å². The summed E-state index contributed by atoms with van der Waals surface area (Å²) in [6.45, 7) is 2.49. The molecule has 1 N–H and O–H groups in total. The van der Waals surface area contributed by atoms with Gasteiger partial charge in [0.15, 0.2) is 0 Å². The molecule has 0 fully saturated rings. The van der Waals surface area contributed by atoms with Gasteiger partial charge in [-0.15, -0.1) is 0 Å². The van der Waals surface area contributed by atoms with Gasteiger partial charge in [0.1, 0.15) is 5.82 Å². The molecule has 0 aliphatic rings. The van der Waals surface area contributed by atoms with Crippen molar-refractivity contribution in [2.24, 2.45) is 0 Å². The van der Waals surface area contributed by atoms with E-state index >= 15 is 0 Å². The van der Waals surface area contributed by atoms with E-state index in [1.165, 1.54) is 0 Å². The second kappa shape index (κ2) is 7.79. The lowest BCUT2D eigenvalue weighted by Gasteiger charge is -2.32. The molecule has 0 unspecified atom stereocenters. The van der Waals surface area contributed by atoms with Crippen LogP contribution in [0.3, 0.4) is 0 Å². The zero-order valence-corrected chi connectivity index (χ0v) is 15.8. The molecule has 0 bridgehead atoms. The first-order valence-electron chi connectivity index (χ1n) is 9.08. The van der Waals surface area contributed by atoms with Gasteiger partial charge in [0.05, 0.1) is 5.69 Å². The average Bonchev–Trinajstić information content (AvgIpc) is 3.11. The van der Waals surface area contributed by atoms with E-state index < -0.39 is 23.5 Å². The second-order valence-electron chi connectivity index (χ2n) is 6.79. The van der Waals surface area contributed by atoms with Crippen LogP contribution in [0.15, 0.2) is 60.8 Å². The van der Waals surface area contributed by atoms with Crippen LogP contribution in [0.1, 0.15) is 18.9 Å². The molecular formula is C21H18F6N2O. The Bertz CT molecular complexity index is 977. The minimum atomic E-state index is -5.92. The molecule has 0 saturated carbocycles. The molecule has 0 spiro atoms. The maximum atomic E-state index is 13.1. The fraction of sp³-hybridized carbons (Fsp3) is 0.286. The van der Waals surface area contributed by atoms with E-state index in [-0.39, 0.29) is 0 Å². The summed E-state index contributed by atoms with van der Waals surface area (Å²) in [4.78, 5) is 4.51. The van der Waals surface area contributed by atoms with Crippen LogP contribution in [-0.4, -0.2) is 27.0 Å². The summed E-state index contributed by atoms with van der Waals surface area (Å²) in [6, 6.07) is 12.6. The van der Waals surface area contributed by atoms with Crippen LogP contribution < -0.4 is 0 Å². The summed E-state index contributed by atoms with van der Waals surface area (Å²) in [5.74, 6) is 0.407. The van der Waals surface area contributed by atoms with Gasteiger partial charge in [-0.05, 0) is 6.42 Å². The van der Waals surface area contributed by atoms with Crippen molar-refractivity contribution in [1.82, 2.24) is 9.55 Å². The van der Waals surface area contributed by atoms with E-state index in [1.54, 1.807) is 10.8 Å². The maximum Gasteiger partial charge on any atom is 0.430 e. The summed E-state index contributed by atoms with van der Waals surface area (Å²) in [7, 11) is 0. The first-order chi connectivity index (χ1) is 14.0. The van der Waals surface area contributed by atoms with Crippen molar-refractivity contribution < 1.29 is 31.4 Å². The summed E-state index contributed by atoms with van der Waals surface area (Å²) >= 11 is 0. The zero-order chi connectivity index (χ0) is 22.2. The third kappa shape index (κ3) is 3.81. The molecule has 0 radical (unpaired) electrons. The zero-order valence-electron chi connectivity index (χ0n) is 15.8. The summed E-state index contributed by atoms with van der Waals surface area (Å²) in [6.07, 6.45) is -9.32. The molecule has 0 amide bonds. The number of aliphatic hydroxyl groups is 1. The standard InChI is InChI=1S/C21H18F6N2O/c1-2-12-29-13-17(14-6-4-3-5-7-14)28-18(29)15-8-10-16(11-9-15)19(30,20(22,23)24)21(25,26)27/h3-11,13,30H,2,12H2,1H3. The van der Waals surface area contributed by atoms with Crippen LogP contribution in [0.2, 0.25) is 0 Å².